The van der Waals surface area contributed by atoms with Crippen molar-refractivity contribution in [2.45, 2.75) is 38.6 Å². The number of nitrogens with zero attached hydrogens (tertiary/aromatic N) is 2. The number of hydrogen-bond donors (Lipinski definition) is 1. The Bertz CT molecular complexity index is 378. The van der Waals surface area contributed by atoms with E-state index in [1.807, 2.05) is 0 Å². The highest BCUT2D eigenvalue weighted by Gasteiger charge is 2.26. The van der Waals surface area contributed by atoms with Crippen molar-refractivity contribution in [1.29, 1.82) is 0 Å². The van der Waals surface area contributed by atoms with Gasteiger partial charge in [0.2, 0.25) is 5.95 Å². The highest BCUT2D eigenvalue weighted by Crippen LogP contribution is 2.37. The first-order valence-corrected chi connectivity index (χ1v) is 7.85. The summed E-state index contributed by atoms with van der Waals surface area (Å²) in [6.45, 7) is 3.19. The third-order valence-electron chi connectivity index (χ3n) is 3.68. The third-order valence-corrected chi connectivity index (χ3v) is 4.73. The van der Waals surface area contributed by atoms with E-state index < -0.39 is 0 Å². The van der Waals surface area contributed by atoms with Gasteiger partial charge in [-0.3, -0.25) is 0 Å². The molecule has 17 heavy (non-hydrogen) atoms. The maximum atomic E-state index is 4.60. The molecule has 1 saturated carbocycles. The van der Waals surface area contributed by atoms with E-state index in [2.05, 4.69) is 39.8 Å². The summed E-state index contributed by atoms with van der Waals surface area (Å²) in [5, 5.41) is 3.57. The summed E-state index contributed by atoms with van der Waals surface area (Å²) in [6.07, 6.45) is 7.56. The Morgan fingerprint density at radius 3 is 2.82 bits per heavy atom. The summed E-state index contributed by atoms with van der Waals surface area (Å²) in [7, 11) is 0. The number of thioether (sulfide) groups is 1. The molecular formula is C13H21N3S. The van der Waals surface area contributed by atoms with Crippen molar-refractivity contribution in [2.24, 2.45) is 5.92 Å². The lowest BCUT2D eigenvalue weighted by molar-refractivity contribution is 0.513. The molecule has 1 aromatic heterocycles. The molecule has 1 saturated heterocycles. The zero-order valence-corrected chi connectivity index (χ0v) is 11.3. The van der Waals surface area contributed by atoms with Gasteiger partial charge in [0.05, 0.1) is 5.69 Å². The van der Waals surface area contributed by atoms with E-state index >= 15 is 0 Å². The summed E-state index contributed by atoms with van der Waals surface area (Å²) in [6, 6.07) is 0.723. The number of anilines is 1. The molecule has 1 aliphatic carbocycles. The molecule has 0 amide bonds. The highest BCUT2D eigenvalue weighted by atomic mass is 32.2. The number of aromatic nitrogens is 2. The first-order chi connectivity index (χ1) is 8.33. The lowest BCUT2D eigenvalue weighted by Crippen LogP contribution is -2.20. The molecule has 0 aromatic carbocycles. The Morgan fingerprint density at radius 1 is 1.35 bits per heavy atom. The Hall–Kier alpha value is -0.640. The molecule has 2 fully saturated rings. The second-order valence-corrected chi connectivity index (χ2v) is 6.51. The van der Waals surface area contributed by atoms with Gasteiger partial charge in [0.25, 0.3) is 0 Å². The van der Waals surface area contributed by atoms with Crippen LogP contribution in [0.3, 0.4) is 0 Å². The van der Waals surface area contributed by atoms with E-state index in [0.29, 0.717) is 0 Å². The van der Waals surface area contributed by atoms with Gasteiger partial charge in [-0.2, -0.15) is 11.8 Å². The summed E-state index contributed by atoms with van der Waals surface area (Å²) < 4.78 is 2.34. The van der Waals surface area contributed by atoms with Crippen molar-refractivity contribution in [1.82, 2.24) is 9.55 Å². The van der Waals surface area contributed by atoms with Gasteiger partial charge in [0.15, 0.2) is 0 Å². The Kier molecular flexibility index (Phi) is 3.32. The molecule has 2 aliphatic rings. The van der Waals surface area contributed by atoms with E-state index in [1.54, 1.807) is 0 Å². The minimum absolute atomic E-state index is 0.723. The monoisotopic (exact) mass is 251 g/mol. The van der Waals surface area contributed by atoms with Crippen LogP contribution in [0, 0.1) is 12.8 Å². The minimum Gasteiger partial charge on any atom is -0.355 e. The van der Waals surface area contributed by atoms with Crippen LogP contribution in [0.15, 0.2) is 6.20 Å². The van der Waals surface area contributed by atoms with Crippen LogP contribution in [-0.4, -0.2) is 27.6 Å². The molecule has 3 nitrogen and oxygen atoms in total. The molecule has 0 spiro atoms. The molecule has 0 bridgehead atoms. The molecule has 4 heteroatoms. The quantitative estimate of drug-likeness (QED) is 0.892. The van der Waals surface area contributed by atoms with Crippen molar-refractivity contribution in [3.63, 3.8) is 0 Å². The number of aryl methyl sites for hydroxylation is 1. The van der Waals surface area contributed by atoms with Crippen LogP contribution in [-0.2, 0) is 0 Å². The van der Waals surface area contributed by atoms with E-state index in [9.17, 15) is 0 Å². The first-order valence-electron chi connectivity index (χ1n) is 6.70. The first kappa shape index (κ1) is 11.5. The van der Waals surface area contributed by atoms with Crippen molar-refractivity contribution >= 4 is 17.7 Å². The molecule has 0 unspecified atom stereocenters. The Balaban J connectivity index is 1.59. The van der Waals surface area contributed by atoms with E-state index in [-0.39, 0.29) is 0 Å². The van der Waals surface area contributed by atoms with Gasteiger partial charge in [0, 0.05) is 18.8 Å². The summed E-state index contributed by atoms with van der Waals surface area (Å²) >= 11 is 2.09. The van der Waals surface area contributed by atoms with Gasteiger partial charge in [-0.25, -0.2) is 4.98 Å². The topological polar surface area (TPSA) is 29.9 Å². The van der Waals surface area contributed by atoms with Crippen molar-refractivity contribution in [3.8, 4) is 0 Å². The Labute approximate surface area is 107 Å². The fraction of sp³-hybridized carbons (Fsp3) is 0.769. The molecule has 3 rings (SSSR count). The van der Waals surface area contributed by atoms with E-state index in [4.69, 9.17) is 0 Å². The van der Waals surface area contributed by atoms with Crippen molar-refractivity contribution < 1.29 is 0 Å². The number of nitrogens with one attached hydrogen (secondary N) is 1. The zero-order chi connectivity index (χ0) is 11.7. The fourth-order valence-electron chi connectivity index (χ4n) is 2.46. The second kappa shape index (κ2) is 4.92. The minimum atomic E-state index is 0.723. The lowest BCUT2D eigenvalue weighted by atomic mass is 10.0. The summed E-state index contributed by atoms with van der Waals surface area (Å²) in [4.78, 5) is 4.60. The zero-order valence-electron chi connectivity index (χ0n) is 10.5. The number of rotatable bonds is 4. The van der Waals surface area contributed by atoms with Gasteiger partial charge in [-0.15, -0.1) is 0 Å². The van der Waals surface area contributed by atoms with Crippen molar-refractivity contribution in [3.05, 3.63) is 11.9 Å². The number of imidazole rings is 1. The smallest absolute Gasteiger partial charge is 0.203 e. The van der Waals surface area contributed by atoms with E-state index in [1.165, 1.54) is 37.2 Å². The van der Waals surface area contributed by atoms with Crippen LogP contribution in [0.5, 0.6) is 0 Å². The van der Waals surface area contributed by atoms with Gasteiger partial charge in [0.1, 0.15) is 0 Å². The van der Waals surface area contributed by atoms with Gasteiger partial charge < -0.3 is 9.88 Å². The Morgan fingerprint density at radius 2 is 2.12 bits per heavy atom. The molecular weight excluding hydrogens is 230 g/mol. The predicted octanol–water partition coefficient (Wildman–Crippen LogP) is 3.08. The van der Waals surface area contributed by atoms with E-state index in [0.717, 1.165) is 30.1 Å². The maximum Gasteiger partial charge on any atom is 0.203 e. The second-order valence-electron chi connectivity index (χ2n) is 5.28. The average Bonchev–Trinajstić information content (AvgIpc) is 3.12. The van der Waals surface area contributed by atoms with Crippen LogP contribution in [0.25, 0.3) is 0 Å². The van der Waals surface area contributed by atoms with Gasteiger partial charge in [-0.1, -0.05) is 0 Å². The largest absolute Gasteiger partial charge is 0.355 e. The molecule has 94 valence electrons. The number of hydrogen-bond acceptors (Lipinski definition) is 3. The summed E-state index contributed by atoms with van der Waals surface area (Å²) in [5.41, 5.74) is 1.14. The molecule has 1 N–H and O–H groups in total. The molecule has 2 heterocycles. The SMILES string of the molecule is Cc1cn(C2CC2)c(NCC2CCSCC2)n1. The van der Waals surface area contributed by atoms with Crippen molar-refractivity contribution in [2.75, 3.05) is 23.4 Å². The highest BCUT2D eigenvalue weighted by molar-refractivity contribution is 7.99. The lowest BCUT2D eigenvalue weighted by Gasteiger charge is -2.22. The normalized spacial score (nSPS) is 21.7. The molecule has 1 aliphatic heterocycles. The summed E-state index contributed by atoms with van der Waals surface area (Å²) in [5.74, 6) is 4.62. The fourth-order valence-corrected chi connectivity index (χ4v) is 3.67. The standard InChI is InChI=1S/C13H21N3S/c1-10-9-16(12-2-3-12)13(15-10)14-8-11-4-6-17-7-5-11/h9,11-12H,2-8H2,1H3,(H,14,15). The van der Waals surface area contributed by atoms with Gasteiger partial charge >= 0.3 is 0 Å². The average molecular weight is 251 g/mol. The van der Waals surface area contributed by atoms with Crippen LogP contribution < -0.4 is 5.32 Å². The predicted molar refractivity (Wildman–Crippen MR) is 73.8 cm³/mol. The molecule has 0 radical (unpaired) electrons. The van der Waals surface area contributed by atoms with Crippen LogP contribution in [0.1, 0.15) is 37.4 Å². The van der Waals surface area contributed by atoms with Crippen LogP contribution in [0.2, 0.25) is 0 Å². The molecule has 0 atom stereocenters. The third kappa shape index (κ3) is 2.79. The molecule has 1 aromatic rings. The maximum absolute atomic E-state index is 4.60. The van der Waals surface area contributed by atoms with Crippen LogP contribution in [0.4, 0.5) is 5.95 Å². The van der Waals surface area contributed by atoms with Gasteiger partial charge in [-0.05, 0) is 50.0 Å². The van der Waals surface area contributed by atoms with Crippen LogP contribution >= 0.6 is 11.8 Å².